The fourth-order valence-electron chi connectivity index (χ4n) is 0.968. The summed E-state index contributed by atoms with van der Waals surface area (Å²) in [4.78, 5) is 8.15. The Labute approximate surface area is 94.8 Å². The third-order valence-electron chi connectivity index (χ3n) is 2.09. The summed E-state index contributed by atoms with van der Waals surface area (Å²) in [7, 11) is 0. The lowest BCUT2D eigenvalue weighted by atomic mass is 10.2. The molecule has 2 N–H and O–H groups in total. The minimum atomic E-state index is 0.154. The second kappa shape index (κ2) is 6.58. The largest absolute Gasteiger partial charge is 0.463 e. The molecule has 0 fully saturated rings. The molecule has 0 aromatic carbocycles. The van der Waals surface area contributed by atoms with Gasteiger partial charge in [0.25, 0.3) is 0 Å². The van der Waals surface area contributed by atoms with Crippen molar-refractivity contribution in [3.8, 4) is 6.01 Å². The van der Waals surface area contributed by atoms with Crippen LogP contribution < -0.4 is 10.5 Å². The summed E-state index contributed by atoms with van der Waals surface area (Å²) in [6.07, 6.45) is 4.45. The monoisotopic (exact) mass is 229 g/mol. The van der Waals surface area contributed by atoms with Gasteiger partial charge in [0, 0.05) is 24.2 Å². The van der Waals surface area contributed by atoms with Crippen molar-refractivity contribution in [3.63, 3.8) is 0 Å². The van der Waals surface area contributed by atoms with Crippen LogP contribution in [-0.2, 0) is 6.42 Å². The summed E-state index contributed by atoms with van der Waals surface area (Å²) < 4.78 is 5.36. The fourth-order valence-corrected chi connectivity index (χ4v) is 1.18. The molecule has 84 valence electrons. The average Bonchev–Trinajstić information content (AvgIpc) is 2.31. The zero-order chi connectivity index (χ0) is 11.1. The van der Waals surface area contributed by atoms with Gasteiger partial charge in [-0.3, -0.25) is 0 Å². The van der Waals surface area contributed by atoms with Crippen LogP contribution in [0.15, 0.2) is 12.4 Å². The van der Waals surface area contributed by atoms with E-state index in [0.717, 1.165) is 12.0 Å². The van der Waals surface area contributed by atoms with Crippen LogP contribution in [0.3, 0.4) is 0 Å². The number of aryl methyl sites for hydroxylation is 1. The van der Waals surface area contributed by atoms with Crippen LogP contribution in [0.2, 0.25) is 0 Å². The van der Waals surface area contributed by atoms with E-state index in [2.05, 4.69) is 16.9 Å². The van der Waals surface area contributed by atoms with Gasteiger partial charge in [0.15, 0.2) is 0 Å². The molecule has 1 rings (SSSR count). The van der Waals surface area contributed by atoms with E-state index < -0.39 is 0 Å². The summed E-state index contributed by atoms with van der Waals surface area (Å²) in [5.74, 6) is 0.643. The van der Waals surface area contributed by atoms with E-state index in [1.165, 1.54) is 0 Å². The van der Waals surface area contributed by atoms with Crippen LogP contribution >= 0.6 is 11.6 Å². The standard InChI is InChI=1S/C10H16ClN3O/c1-2-8-5-13-10(14-6-8)15-7-9(3-11)4-12/h5-6,9H,2-4,7,12H2,1H3. The molecular formula is C10H16ClN3O. The Bertz CT molecular complexity index is 275. The zero-order valence-electron chi connectivity index (χ0n) is 8.82. The highest BCUT2D eigenvalue weighted by atomic mass is 35.5. The molecule has 0 radical (unpaired) electrons. The summed E-state index contributed by atoms with van der Waals surface area (Å²) in [6.45, 7) is 3.03. The van der Waals surface area contributed by atoms with Crippen molar-refractivity contribution < 1.29 is 4.74 Å². The number of ether oxygens (including phenoxy) is 1. The van der Waals surface area contributed by atoms with Gasteiger partial charge in [0.2, 0.25) is 0 Å². The third-order valence-corrected chi connectivity index (χ3v) is 2.53. The van der Waals surface area contributed by atoms with Gasteiger partial charge in [-0.1, -0.05) is 6.92 Å². The van der Waals surface area contributed by atoms with Crippen molar-refractivity contribution in [3.05, 3.63) is 18.0 Å². The fraction of sp³-hybridized carbons (Fsp3) is 0.600. The summed E-state index contributed by atoms with van der Waals surface area (Å²) in [5.41, 5.74) is 6.58. The number of nitrogens with zero attached hydrogens (tertiary/aromatic N) is 2. The second-order valence-corrected chi connectivity index (χ2v) is 3.60. The van der Waals surface area contributed by atoms with Crippen molar-refractivity contribution in [2.45, 2.75) is 13.3 Å². The van der Waals surface area contributed by atoms with Crippen LogP contribution in [0, 0.1) is 5.92 Å². The van der Waals surface area contributed by atoms with E-state index in [4.69, 9.17) is 22.1 Å². The molecule has 1 atom stereocenters. The van der Waals surface area contributed by atoms with Crippen LogP contribution in [0.1, 0.15) is 12.5 Å². The molecular weight excluding hydrogens is 214 g/mol. The van der Waals surface area contributed by atoms with Crippen molar-refractivity contribution >= 4 is 11.6 Å². The highest BCUT2D eigenvalue weighted by Gasteiger charge is 2.06. The first-order valence-corrected chi connectivity index (χ1v) is 5.53. The maximum atomic E-state index is 5.68. The molecule has 0 aliphatic rings. The molecule has 0 aliphatic heterocycles. The van der Waals surface area contributed by atoms with E-state index in [1.54, 1.807) is 12.4 Å². The van der Waals surface area contributed by atoms with Gasteiger partial charge in [-0.2, -0.15) is 0 Å². The van der Waals surface area contributed by atoms with Gasteiger partial charge in [-0.15, -0.1) is 11.6 Å². The second-order valence-electron chi connectivity index (χ2n) is 3.29. The Morgan fingerprint density at radius 1 is 1.47 bits per heavy atom. The highest BCUT2D eigenvalue weighted by Crippen LogP contribution is 2.05. The number of alkyl halides is 1. The number of nitrogens with two attached hydrogens (primary N) is 1. The lowest BCUT2D eigenvalue weighted by Gasteiger charge is -2.11. The molecule has 0 saturated heterocycles. The first kappa shape index (κ1) is 12.2. The molecule has 5 heteroatoms. The molecule has 4 nitrogen and oxygen atoms in total. The first-order chi connectivity index (χ1) is 7.30. The van der Waals surface area contributed by atoms with Gasteiger partial charge in [-0.05, 0) is 18.5 Å². The van der Waals surface area contributed by atoms with Gasteiger partial charge in [0.05, 0.1) is 6.61 Å². The number of halogens is 1. The number of aromatic nitrogens is 2. The summed E-state index contributed by atoms with van der Waals surface area (Å²) in [6, 6.07) is 0.385. The van der Waals surface area contributed by atoms with E-state index in [0.29, 0.717) is 25.0 Å². The van der Waals surface area contributed by atoms with E-state index in [1.807, 2.05) is 0 Å². The third kappa shape index (κ3) is 4.01. The molecule has 15 heavy (non-hydrogen) atoms. The molecule has 1 aromatic rings. The Morgan fingerprint density at radius 2 is 2.13 bits per heavy atom. The van der Waals surface area contributed by atoms with Crippen molar-refractivity contribution in [1.82, 2.24) is 9.97 Å². The maximum Gasteiger partial charge on any atom is 0.316 e. The molecule has 0 spiro atoms. The van der Waals surface area contributed by atoms with Gasteiger partial charge >= 0.3 is 6.01 Å². The predicted octanol–water partition coefficient (Wildman–Crippen LogP) is 1.23. The van der Waals surface area contributed by atoms with Crippen molar-refractivity contribution in [2.75, 3.05) is 19.0 Å². The topological polar surface area (TPSA) is 61.0 Å². The Balaban J connectivity index is 2.43. The van der Waals surface area contributed by atoms with E-state index in [-0.39, 0.29) is 5.92 Å². The Hall–Kier alpha value is -0.870. The first-order valence-electron chi connectivity index (χ1n) is 4.99. The molecule has 0 saturated carbocycles. The minimum absolute atomic E-state index is 0.154. The lowest BCUT2D eigenvalue weighted by Crippen LogP contribution is -2.23. The minimum Gasteiger partial charge on any atom is -0.463 e. The quantitative estimate of drug-likeness (QED) is 0.746. The predicted molar refractivity (Wildman–Crippen MR) is 60.2 cm³/mol. The SMILES string of the molecule is CCc1cnc(OCC(CN)CCl)nc1. The molecule has 1 heterocycles. The average molecular weight is 230 g/mol. The number of rotatable bonds is 6. The van der Waals surface area contributed by atoms with E-state index >= 15 is 0 Å². The normalized spacial score (nSPS) is 12.5. The summed E-state index contributed by atoms with van der Waals surface area (Å²) >= 11 is 5.68. The molecule has 0 aliphatic carbocycles. The van der Waals surface area contributed by atoms with Gasteiger partial charge in [-0.25, -0.2) is 9.97 Å². The van der Waals surface area contributed by atoms with Crippen LogP contribution in [0.4, 0.5) is 0 Å². The summed E-state index contributed by atoms with van der Waals surface area (Å²) in [5, 5.41) is 0. The lowest BCUT2D eigenvalue weighted by molar-refractivity contribution is 0.246. The van der Waals surface area contributed by atoms with Crippen LogP contribution in [0.5, 0.6) is 6.01 Å². The van der Waals surface area contributed by atoms with Gasteiger partial charge in [0.1, 0.15) is 0 Å². The number of hydrogen-bond donors (Lipinski definition) is 1. The Kier molecular flexibility index (Phi) is 5.36. The molecule has 1 unspecified atom stereocenters. The Morgan fingerprint density at radius 3 is 2.60 bits per heavy atom. The zero-order valence-corrected chi connectivity index (χ0v) is 9.57. The van der Waals surface area contributed by atoms with E-state index in [9.17, 15) is 0 Å². The van der Waals surface area contributed by atoms with Crippen LogP contribution in [0.25, 0.3) is 0 Å². The molecule has 0 bridgehead atoms. The maximum absolute atomic E-state index is 5.68. The molecule has 0 amide bonds. The molecule has 1 aromatic heterocycles. The van der Waals surface area contributed by atoms with Crippen molar-refractivity contribution in [2.24, 2.45) is 11.7 Å². The number of hydrogen-bond acceptors (Lipinski definition) is 4. The smallest absolute Gasteiger partial charge is 0.316 e. The van der Waals surface area contributed by atoms with Crippen molar-refractivity contribution in [1.29, 1.82) is 0 Å². The highest BCUT2D eigenvalue weighted by molar-refractivity contribution is 6.18. The van der Waals surface area contributed by atoms with Gasteiger partial charge < -0.3 is 10.5 Å². The van der Waals surface area contributed by atoms with Crippen LogP contribution in [-0.4, -0.2) is 29.0 Å².